The fourth-order valence-electron chi connectivity index (χ4n) is 2.96. The van der Waals surface area contributed by atoms with Gasteiger partial charge in [0.15, 0.2) is 6.10 Å². The first-order chi connectivity index (χ1) is 13.5. The summed E-state index contributed by atoms with van der Waals surface area (Å²) in [5, 5.41) is 7.83. The molecule has 0 radical (unpaired) electrons. The molecule has 0 bridgehead atoms. The maximum Gasteiger partial charge on any atom is 0.317 e. The number of nitrogens with zero attached hydrogens (tertiary/aromatic N) is 2. The Kier molecular flexibility index (Phi) is 6.75. The van der Waals surface area contributed by atoms with E-state index < -0.39 is 0 Å². The predicted octanol–water partition coefficient (Wildman–Crippen LogP) is 4.86. The lowest BCUT2D eigenvalue weighted by Gasteiger charge is -2.25. The highest BCUT2D eigenvalue weighted by atomic mass is 35.5. The second-order valence-electron chi connectivity index (χ2n) is 6.44. The lowest BCUT2D eigenvalue weighted by molar-refractivity contribution is 0.0590. The van der Waals surface area contributed by atoms with Crippen LogP contribution in [-0.4, -0.2) is 35.8 Å². The standard InChI is InChI=1S/C20H20Cl2FN3O2/c1-2-24-20(27)26(11-13-4-3-5-15(23)8-13)12-16-10-19(25-28-16)14-6-7-17(21)18(22)9-14/h3-9,16H,2,10-12H2,1H3,(H,24,27)/t16-/m0/s1. The third kappa shape index (κ3) is 5.14. The second-order valence-corrected chi connectivity index (χ2v) is 7.26. The summed E-state index contributed by atoms with van der Waals surface area (Å²) in [5.74, 6) is -0.337. The molecule has 1 atom stereocenters. The highest BCUT2D eigenvalue weighted by molar-refractivity contribution is 6.42. The monoisotopic (exact) mass is 423 g/mol. The molecule has 5 nitrogen and oxygen atoms in total. The molecule has 0 saturated carbocycles. The average molecular weight is 424 g/mol. The molecule has 1 heterocycles. The second kappa shape index (κ2) is 9.26. The van der Waals surface area contributed by atoms with Crippen LogP contribution in [0.1, 0.15) is 24.5 Å². The Morgan fingerprint density at radius 1 is 1.29 bits per heavy atom. The van der Waals surface area contributed by atoms with Gasteiger partial charge in [0.2, 0.25) is 0 Å². The summed E-state index contributed by atoms with van der Waals surface area (Å²) in [5.41, 5.74) is 2.27. The molecule has 0 saturated heterocycles. The van der Waals surface area contributed by atoms with E-state index in [2.05, 4.69) is 10.5 Å². The van der Waals surface area contributed by atoms with Gasteiger partial charge in [-0.05, 0) is 36.8 Å². The van der Waals surface area contributed by atoms with E-state index in [0.29, 0.717) is 35.1 Å². The van der Waals surface area contributed by atoms with Crippen LogP contribution in [0.15, 0.2) is 47.6 Å². The van der Waals surface area contributed by atoms with Crippen molar-refractivity contribution in [3.05, 3.63) is 69.5 Å². The van der Waals surface area contributed by atoms with Gasteiger partial charge in [-0.3, -0.25) is 0 Å². The molecule has 1 aliphatic heterocycles. The Bertz CT molecular complexity index is 892. The summed E-state index contributed by atoms with van der Waals surface area (Å²) >= 11 is 12.0. The van der Waals surface area contributed by atoms with Crippen molar-refractivity contribution in [2.24, 2.45) is 5.16 Å². The lowest BCUT2D eigenvalue weighted by atomic mass is 10.0. The van der Waals surface area contributed by atoms with E-state index >= 15 is 0 Å². The van der Waals surface area contributed by atoms with Crippen LogP contribution in [0.5, 0.6) is 0 Å². The first-order valence-electron chi connectivity index (χ1n) is 8.91. The average Bonchev–Trinajstić information content (AvgIpc) is 3.12. The summed E-state index contributed by atoms with van der Waals surface area (Å²) in [6.07, 6.45) is 0.220. The van der Waals surface area contributed by atoms with Gasteiger partial charge in [0, 0.05) is 25.1 Å². The van der Waals surface area contributed by atoms with Crippen LogP contribution in [0.2, 0.25) is 10.0 Å². The van der Waals surface area contributed by atoms with Gasteiger partial charge < -0.3 is 15.1 Å². The van der Waals surface area contributed by atoms with Crippen molar-refractivity contribution in [3.63, 3.8) is 0 Å². The van der Waals surface area contributed by atoms with E-state index in [1.54, 1.807) is 29.2 Å². The maximum absolute atomic E-state index is 13.5. The smallest absolute Gasteiger partial charge is 0.317 e. The zero-order valence-electron chi connectivity index (χ0n) is 15.3. The Hall–Kier alpha value is -2.31. The van der Waals surface area contributed by atoms with Crippen LogP contribution < -0.4 is 5.32 Å². The molecule has 2 aromatic rings. The summed E-state index contributed by atoms with van der Waals surface area (Å²) in [6.45, 7) is 2.92. The maximum atomic E-state index is 13.5. The number of carbonyl (C=O) groups excluding carboxylic acids is 1. The van der Waals surface area contributed by atoms with Crippen molar-refractivity contribution >= 4 is 34.9 Å². The largest absolute Gasteiger partial charge is 0.390 e. The molecule has 0 spiro atoms. The minimum atomic E-state index is -0.337. The third-order valence-corrected chi connectivity index (χ3v) is 5.03. The van der Waals surface area contributed by atoms with Crippen molar-refractivity contribution in [2.45, 2.75) is 26.0 Å². The highest BCUT2D eigenvalue weighted by Gasteiger charge is 2.27. The molecule has 1 N–H and O–H groups in total. The molecule has 2 amide bonds. The van der Waals surface area contributed by atoms with Crippen LogP contribution in [0.25, 0.3) is 0 Å². The van der Waals surface area contributed by atoms with Gasteiger partial charge in [-0.1, -0.05) is 46.6 Å². The molecule has 0 unspecified atom stereocenters. The number of urea groups is 1. The summed E-state index contributed by atoms with van der Waals surface area (Å²) < 4.78 is 13.5. The van der Waals surface area contributed by atoms with Crippen LogP contribution in [0.3, 0.4) is 0 Å². The molecule has 3 rings (SSSR count). The molecule has 0 aliphatic carbocycles. The third-order valence-electron chi connectivity index (χ3n) is 4.29. The zero-order chi connectivity index (χ0) is 20.1. The van der Waals surface area contributed by atoms with E-state index in [4.69, 9.17) is 28.0 Å². The van der Waals surface area contributed by atoms with E-state index in [0.717, 1.165) is 11.3 Å². The number of halogens is 3. The number of amides is 2. The summed E-state index contributed by atoms with van der Waals surface area (Å²) in [6, 6.07) is 11.2. The van der Waals surface area contributed by atoms with E-state index in [9.17, 15) is 9.18 Å². The fraction of sp³-hybridized carbons (Fsp3) is 0.300. The Balaban J connectivity index is 1.67. The number of hydrogen-bond acceptors (Lipinski definition) is 3. The van der Waals surface area contributed by atoms with Crippen molar-refractivity contribution in [3.8, 4) is 0 Å². The first kappa shape index (κ1) is 20.4. The van der Waals surface area contributed by atoms with Crippen LogP contribution in [0, 0.1) is 5.82 Å². The molecular formula is C20H20Cl2FN3O2. The normalized spacial score (nSPS) is 15.7. The van der Waals surface area contributed by atoms with E-state index in [-0.39, 0.29) is 24.5 Å². The SMILES string of the molecule is CCNC(=O)N(Cc1cccc(F)c1)C[C@@H]1CC(c2ccc(Cl)c(Cl)c2)=NO1. The van der Waals surface area contributed by atoms with E-state index in [1.165, 1.54) is 12.1 Å². The van der Waals surface area contributed by atoms with Gasteiger partial charge in [-0.25, -0.2) is 9.18 Å². The Labute approximate surface area is 173 Å². The van der Waals surface area contributed by atoms with Gasteiger partial charge in [-0.2, -0.15) is 0 Å². The molecule has 148 valence electrons. The fourth-order valence-corrected chi connectivity index (χ4v) is 3.25. The lowest BCUT2D eigenvalue weighted by Crippen LogP contribution is -2.43. The zero-order valence-corrected chi connectivity index (χ0v) is 16.8. The van der Waals surface area contributed by atoms with Crippen LogP contribution in [-0.2, 0) is 11.4 Å². The number of carbonyl (C=O) groups is 1. The minimum Gasteiger partial charge on any atom is -0.390 e. The number of hydrogen-bond donors (Lipinski definition) is 1. The minimum absolute atomic E-state index is 0.238. The molecule has 0 aromatic heterocycles. The van der Waals surface area contributed by atoms with Crippen molar-refractivity contribution in [1.82, 2.24) is 10.2 Å². The molecule has 2 aromatic carbocycles. The molecule has 0 fully saturated rings. The van der Waals surface area contributed by atoms with Crippen molar-refractivity contribution in [1.29, 1.82) is 0 Å². The van der Waals surface area contributed by atoms with Gasteiger partial charge in [0.25, 0.3) is 0 Å². The number of benzene rings is 2. The van der Waals surface area contributed by atoms with Gasteiger partial charge in [-0.15, -0.1) is 0 Å². The van der Waals surface area contributed by atoms with Gasteiger partial charge >= 0.3 is 6.03 Å². The Morgan fingerprint density at radius 2 is 2.11 bits per heavy atom. The first-order valence-corrected chi connectivity index (χ1v) is 9.67. The van der Waals surface area contributed by atoms with Crippen LogP contribution in [0.4, 0.5) is 9.18 Å². The van der Waals surface area contributed by atoms with Gasteiger partial charge in [0.1, 0.15) is 5.82 Å². The number of nitrogens with one attached hydrogen (secondary N) is 1. The van der Waals surface area contributed by atoms with E-state index in [1.807, 2.05) is 13.0 Å². The quantitative estimate of drug-likeness (QED) is 0.721. The van der Waals surface area contributed by atoms with Crippen molar-refractivity contribution in [2.75, 3.05) is 13.1 Å². The molecule has 8 heteroatoms. The number of oxime groups is 1. The van der Waals surface area contributed by atoms with Gasteiger partial charge in [0.05, 0.1) is 22.3 Å². The Morgan fingerprint density at radius 3 is 2.82 bits per heavy atom. The molecule has 1 aliphatic rings. The van der Waals surface area contributed by atoms with Crippen LogP contribution >= 0.6 is 23.2 Å². The summed E-state index contributed by atoms with van der Waals surface area (Å²) in [7, 11) is 0. The molecule has 28 heavy (non-hydrogen) atoms. The topological polar surface area (TPSA) is 53.9 Å². The highest BCUT2D eigenvalue weighted by Crippen LogP contribution is 2.26. The molecular weight excluding hydrogens is 404 g/mol. The summed E-state index contributed by atoms with van der Waals surface area (Å²) in [4.78, 5) is 19.6. The number of rotatable bonds is 6. The predicted molar refractivity (Wildman–Crippen MR) is 108 cm³/mol. The van der Waals surface area contributed by atoms with Crippen molar-refractivity contribution < 1.29 is 14.0 Å².